The van der Waals surface area contributed by atoms with Gasteiger partial charge in [0.25, 0.3) is 11.8 Å². The quantitative estimate of drug-likeness (QED) is 0.591. The van der Waals surface area contributed by atoms with Gasteiger partial charge in [0, 0.05) is 37.5 Å². The number of pyridine rings is 1. The number of benzene rings is 1. The Balaban J connectivity index is 1.44. The number of aliphatic hydroxyl groups excluding tert-OH is 1. The summed E-state index contributed by atoms with van der Waals surface area (Å²) in [6.07, 6.45) is 1.06. The molecular weight excluding hydrogens is 427 g/mol. The summed E-state index contributed by atoms with van der Waals surface area (Å²) in [5, 5.41) is 20.4. The summed E-state index contributed by atoms with van der Waals surface area (Å²) in [5.74, 6) is 0.101. The van der Waals surface area contributed by atoms with Crippen molar-refractivity contribution in [2.75, 3.05) is 18.4 Å². The number of aliphatic hydroxyl groups is 1. The van der Waals surface area contributed by atoms with Gasteiger partial charge in [-0.1, -0.05) is 19.1 Å². The summed E-state index contributed by atoms with van der Waals surface area (Å²) in [6, 6.07) is 10.3. The van der Waals surface area contributed by atoms with Crippen LogP contribution >= 0.6 is 0 Å². The van der Waals surface area contributed by atoms with Gasteiger partial charge in [-0.05, 0) is 35.7 Å². The maximum Gasteiger partial charge on any atom is 0.274 e. The number of alkyl halides is 1. The molecule has 172 valence electrons. The molecule has 2 aromatic heterocycles. The average molecular weight is 452 g/mol. The van der Waals surface area contributed by atoms with Crippen molar-refractivity contribution in [3.63, 3.8) is 0 Å². The van der Waals surface area contributed by atoms with Crippen molar-refractivity contribution >= 4 is 17.5 Å². The number of halogens is 1. The van der Waals surface area contributed by atoms with E-state index in [-0.39, 0.29) is 30.3 Å². The van der Waals surface area contributed by atoms with Crippen LogP contribution in [0.3, 0.4) is 0 Å². The topological polar surface area (TPSA) is 113 Å². The molecule has 1 saturated heterocycles. The van der Waals surface area contributed by atoms with Gasteiger partial charge in [-0.25, -0.2) is 4.39 Å². The zero-order valence-corrected chi connectivity index (χ0v) is 18.3. The van der Waals surface area contributed by atoms with E-state index in [1.807, 2.05) is 29.8 Å². The molecule has 0 bridgehead atoms. The maximum atomic E-state index is 13.6. The lowest BCUT2D eigenvalue weighted by Crippen LogP contribution is -2.30. The maximum absolute atomic E-state index is 13.6. The van der Waals surface area contributed by atoms with Gasteiger partial charge < -0.3 is 19.9 Å². The van der Waals surface area contributed by atoms with Crippen molar-refractivity contribution in [3.8, 4) is 0 Å². The van der Waals surface area contributed by atoms with E-state index >= 15 is 0 Å². The zero-order chi connectivity index (χ0) is 23.5. The molecule has 0 radical (unpaired) electrons. The Morgan fingerprint density at radius 2 is 2.09 bits per heavy atom. The molecule has 4 rings (SSSR count). The molecule has 1 fully saturated rings. The van der Waals surface area contributed by atoms with E-state index in [0.717, 1.165) is 11.4 Å². The standard InChI is InChI=1S/C23H25FN6O3/c1-14(8-21-28-26-13-29(21)2)15-4-3-5-17(9-15)27-22(32)19-10-16(6-7-25-19)23(33)30-11-18(24)20(31)12-30/h3-7,9-10,13-14,18,20,31H,8,11-12H2,1-2H3,(H,27,32)/t14?,18-,20-/m1/s1. The van der Waals surface area contributed by atoms with E-state index in [1.165, 1.54) is 23.2 Å². The first-order chi connectivity index (χ1) is 15.8. The molecule has 1 aliphatic heterocycles. The number of aryl methyl sites for hydroxylation is 1. The predicted molar refractivity (Wildman–Crippen MR) is 119 cm³/mol. The molecule has 1 aliphatic rings. The minimum absolute atomic E-state index is 0.0648. The van der Waals surface area contributed by atoms with Crippen LogP contribution in [0.1, 0.15) is 45.1 Å². The largest absolute Gasteiger partial charge is 0.388 e. The van der Waals surface area contributed by atoms with Gasteiger partial charge in [0.1, 0.15) is 30.1 Å². The van der Waals surface area contributed by atoms with Crippen molar-refractivity contribution < 1.29 is 19.1 Å². The van der Waals surface area contributed by atoms with Crippen molar-refractivity contribution in [2.24, 2.45) is 7.05 Å². The molecule has 2 N–H and O–H groups in total. The van der Waals surface area contributed by atoms with Crippen molar-refractivity contribution in [1.82, 2.24) is 24.6 Å². The lowest BCUT2D eigenvalue weighted by atomic mass is 9.97. The van der Waals surface area contributed by atoms with Gasteiger partial charge in [-0.15, -0.1) is 10.2 Å². The molecule has 3 heterocycles. The van der Waals surface area contributed by atoms with Gasteiger partial charge in [0.15, 0.2) is 0 Å². The summed E-state index contributed by atoms with van der Waals surface area (Å²) in [5.41, 5.74) is 1.90. The van der Waals surface area contributed by atoms with Gasteiger partial charge in [-0.3, -0.25) is 14.6 Å². The highest BCUT2D eigenvalue weighted by Gasteiger charge is 2.34. The van der Waals surface area contributed by atoms with Gasteiger partial charge in [0.05, 0.1) is 6.54 Å². The van der Waals surface area contributed by atoms with Crippen LogP contribution in [0.5, 0.6) is 0 Å². The van der Waals surface area contributed by atoms with E-state index in [0.29, 0.717) is 12.1 Å². The highest BCUT2D eigenvalue weighted by atomic mass is 19.1. The second-order valence-corrected chi connectivity index (χ2v) is 8.27. The third-order valence-electron chi connectivity index (χ3n) is 5.75. The van der Waals surface area contributed by atoms with Crippen LogP contribution < -0.4 is 5.32 Å². The Kier molecular flexibility index (Phi) is 6.45. The normalized spacial score (nSPS) is 18.8. The van der Waals surface area contributed by atoms with Gasteiger partial charge in [-0.2, -0.15) is 0 Å². The smallest absolute Gasteiger partial charge is 0.274 e. The second-order valence-electron chi connectivity index (χ2n) is 8.27. The number of carbonyl (C=O) groups is 2. The Morgan fingerprint density at radius 3 is 2.79 bits per heavy atom. The molecule has 3 aromatic rings. The van der Waals surface area contributed by atoms with Crippen molar-refractivity contribution in [1.29, 1.82) is 0 Å². The molecule has 1 unspecified atom stereocenters. The number of nitrogens with one attached hydrogen (secondary N) is 1. The summed E-state index contributed by atoms with van der Waals surface area (Å²) in [7, 11) is 1.90. The first kappa shape index (κ1) is 22.5. The summed E-state index contributed by atoms with van der Waals surface area (Å²) in [4.78, 5) is 30.7. The van der Waals surface area contributed by atoms with Crippen LogP contribution in [0.2, 0.25) is 0 Å². The van der Waals surface area contributed by atoms with Crippen molar-refractivity contribution in [3.05, 3.63) is 71.6 Å². The van der Waals surface area contributed by atoms with Crippen molar-refractivity contribution in [2.45, 2.75) is 31.5 Å². The van der Waals surface area contributed by atoms with Crippen LogP contribution in [-0.2, 0) is 13.5 Å². The Hall–Kier alpha value is -3.66. The van der Waals surface area contributed by atoms with E-state index in [1.54, 1.807) is 12.4 Å². The van der Waals surface area contributed by atoms with Crippen LogP contribution in [0.15, 0.2) is 48.9 Å². The number of nitrogens with zero attached hydrogens (tertiary/aromatic N) is 5. The fourth-order valence-corrected chi connectivity index (χ4v) is 3.78. The third-order valence-corrected chi connectivity index (χ3v) is 5.75. The summed E-state index contributed by atoms with van der Waals surface area (Å²) >= 11 is 0. The number of carbonyl (C=O) groups excluding carboxylic acids is 2. The molecule has 9 nitrogen and oxygen atoms in total. The number of β-amino-alcohol motifs (C(OH)–C–C–N with tert-alkyl or cyclic N) is 1. The monoisotopic (exact) mass is 452 g/mol. The van der Waals surface area contributed by atoms with Crippen LogP contribution in [0.25, 0.3) is 0 Å². The first-order valence-electron chi connectivity index (χ1n) is 10.6. The fraction of sp³-hybridized carbons (Fsp3) is 0.348. The molecule has 0 aliphatic carbocycles. The molecule has 33 heavy (non-hydrogen) atoms. The number of hydrogen-bond donors (Lipinski definition) is 2. The number of hydrogen-bond acceptors (Lipinski definition) is 6. The van der Waals surface area contributed by atoms with E-state index in [4.69, 9.17) is 0 Å². The lowest BCUT2D eigenvalue weighted by molar-refractivity contribution is 0.0764. The molecule has 2 amide bonds. The molecule has 3 atom stereocenters. The SMILES string of the molecule is CC(Cc1nncn1C)c1cccc(NC(=O)c2cc(C(=O)N3C[C@@H](O)[C@H](F)C3)ccn2)c1. The average Bonchev–Trinajstić information content (AvgIpc) is 3.37. The third kappa shape index (κ3) is 5.06. The number of anilines is 1. The van der Waals surface area contributed by atoms with E-state index < -0.39 is 24.1 Å². The molecule has 10 heteroatoms. The Bertz CT molecular complexity index is 1160. The number of aromatic nitrogens is 4. The zero-order valence-electron chi connectivity index (χ0n) is 18.3. The second kappa shape index (κ2) is 9.45. The summed E-state index contributed by atoms with van der Waals surface area (Å²) in [6.45, 7) is 1.82. The van der Waals surface area contributed by atoms with Gasteiger partial charge >= 0.3 is 0 Å². The van der Waals surface area contributed by atoms with E-state index in [2.05, 4.69) is 27.4 Å². The molecule has 0 saturated carbocycles. The number of amides is 2. The predicted octanol–water partition coefficient (Wildman–Crippen LogP) is 1.96. The lowest BCUT2D eigenvalue weighted by Gasteiger charge is -2.15. The first-order valence-corrected chi connectivity index (χ1v) is 10.6. The number of rotatable bonds is 6. The molecule has 0 spiro atoms. The summed E-state index contributed by atoms with van der Waals surface area (Å²) < 4.78 is 15.5. The fourth-order valence-electron chi connectivity index (χ4n) is 3.78. The van der Waals surface area contributed by atoms with E-state index in [9.17, 15) is 19.1 Å². The molecule has 1 aromatic carbocycles. The highest BCUT2D eigenvalue weighted by Crippen LogP contribution is 2.23. The van der Waals surface area contributed by atoms with Crippen LogP contribution in [0.4, 0.5) is 10.1 Å². The minimum Gasteiger partial charge on any atom is -0.388 e. The Labute approximate surface area is 190 Å². The molecular formula is C23H25FN6O3. The van der Waals surface area contributed by atoms with Crippen LogP contribution in [0, 0.1) is 0 Å². The van der Waals surface area contributed by atoms with Crippen LogP contribution in [-0.4, -0.2) is 66.9 Å². The minimum atomic E-state index is -1.47. The van der Waals surface area contributed by atoms with Gasteiger partial charge in [0.2, 0.25) is 0 Å². The Morgan fingerprint density at radius 1 is 1.27 bits per heavy atom. The highest BCUT2D eigenvalue weighted by molar-refractivity contribution is 6.04. The number of likely N-dealkylation sites (tertiary alicyclic amines) is 1.